The first-order valence-corrected chi connectivity index (χ1v) is 9.74. The fraction of sp³-hybridized carbons (Fsp3) is 0.450. The predicted octanol–water partition coefficient (Wildman–Crippen LogP) is 3.86. The van der Waals surface area contributed by atoms with E-state index >= 15 is 0 Å². The zero-order valence-electron chi connectivity index (χ0n) is 14.7. The van der Waals surface area contributed by atoms with E-state index in [0.717, 1.165) is 50.3 Å². The molecule has 5 nitrogen and oxygen atoms in total. The van der Waals surface area contributed by atoms with Crippen LogP contribution in [0.1, 0.15) is 36.8 Å². The smallest absolute Gasteiger partial charge is 0.227 e. The molecule has 1 aromatic heterocycles. The number of aromatic nitrogens is 2. The molecular formula is C20H23ClN4O. The molecule has 1 aliphatic heterocycles. The van der Waals surface area contributed by atoms with Crippen molar-refractivity contribution in [3.63, 3.8) is 0 Å². The number of anilines is 2. The van der Waals surface area contributed by atoms with Crippen molar-refractivity contribution in [3.8, 4) is 0 Å². The zero-order valence-corrected chi connectivity index (χ0v) is 15.5. The Morgan fingerprint density at radius 1 is 1.08 bits per heavy atom. The number of carbonyl (C=O) groups is 1. The van der Waals surface area contributed by atoms with Gasteiger partial charge in [-0.1, -0.05) is 23.7 Å². The van der Waals surface area contributed by atoms with Crippen LogP contribution in [0.2, 0.25) is 5.15 Å². The molecule has 0 saturated carbocycles. The molecule has 1 amide bonds. The predicted molar refractivity (Wildman–Crippen MR) is 104 cm³/mol. The van der Waals surface area contributed by atoms with Crippen LogP contribution in [-0.2, 0) is 17.6 Å². The third kappa shape index (κ3) is 3.68. The molecule has 6 heteroatoms. The maximum Gasteiger partial charge on any atom is 0.227 e. The summed E-state index contributed by atoms with van der Waals surface area (Å²) in [6.45, 7) is 1.61. The summed E-state index contributed by atoms with van der Waals surface area (Å²) >= 11 is 5.80. The Kier molecular flexibility index (Phi) is 5.07. The van der Waals surface area contributed by atoms with Gasteiger partial charge in [-0.3, -0.25) is 4.79 Å². The second kappa shape index (κ2) is 7.62. The minimum atomic E-state index is 0.0472. The Morgan fingerprint density at radius 2 is 1.88 bits per heavy atom. The SMILES string of the molecule is O=C(Nc1cccc2c1CCCC2)C1CCN(c2ccc(Cl)nn2)CC1. The van der Waals surface area contributed by atoms with E-state index in [4.69, 9.17) is 11.6 Å². The van der Waals surface area contributed by atoms with Gasteiger partial charge in [0.1, 0.15) is 0 Å². The number of nitrogens with one attached hydrogen (secondary N) is 1. The molecule has 2 heterocycles. The topological polar surface area (TPSA) is 58.1 Å². The number of aryl methyl sites for hydroxylation is 1. The van der Waals surface area contributed by atoms with Gasteiger partial charge in [-0.2, -0.15) is 0 Å². The van der Waals surface area contributed by atoms with Gasteiger partial charge < -0.3 is 10.2 Å². The molecular weight excluding hydrogens is 348 g/mol. The third-order valence-corrected chi connectivity index (χ3v) is 5.66. The van der Waals surface area contributed by atoms with Crippen LogP contribution >= 0.6 is 11.6 Å². The fourth-order valence-electron chi connectivity index (χ4n) is 3.98. The zero-order chi connectivity index (χ0) is 17.9. The number of benzene rings is 1. The number of piperidine rings is 1. The normalized spacial score (nSPS) is 17.7. The van der Waals surface area contributed by atoms with Crippen molar-refractivity contribution in [2.75, 3.05) is 23.3 Å². The van der Waals surface area contributed by atoms with E-state index in [2.05, 4.69) is 32.5 Å². The first kappa shape index (κ1) is 17.3. The maximum absolute atomic E-state index is 12.8. The van der Waals surface area contributed by atoms with E-state index < -0.39 is 0 Å². The molecule has 0 unspecified atom stereocenters. The molecule has 1 fully saturated rings. The van der Waals surface area contributed by atoms with Crippen LogP contribution in [0.25, 0.3) is 0 Å². The van der Waals surface area contributed by atoms with E-state index in [1.54, 1.807) is 6.07 Å². The number of fused-ring (bicyclic) bond motifs is 1. The van der Waals surface area contributed by atoms with Gasteiger partial charge >= 0.3 is 0 Å². The second-order valence-electron chi connectivity index (χ2n) is 7.12. The standard InChI is InChI=1S/C20H23ClN4O/c21-18-8-9-19(24-23-18)25-12-10-15(11-13-25)20(26)22-17-7-3-5-14-4-1-2-6-16(14)17/h3,5,7-9,15H,1-2,4,6,10-13H2,(H,22,26). The highest BCUT2D eigenvalue weighted by atomic mass is 35.5. The molecule has 136 valence electrons. The highest BCUT2D eigenvalue weighted by molar-refractivity contribution is 6.29. The maximum atomic E-state index is 12.8. The van der Waals surface area contributed by atoms with Gasteiger partial charge in [0, 0.05) is 24.7 Å². The Labute approximate surface area is 158 Å². The van der Waals surface area contributed by atoms with Crippen LogP contribution in [0.4, 0.5) is 11.5 Å². The minimum Gasteiger partial charge on any atom is -0.355 e. The van der Waals surface area contributed by atoms with Gasteiger partial charge in [-0.25, -0.2) is 0 Å². The lowest BCUT2D eigenvalue weighted by Gasteiger charge is -2.32. The van der Waals surface area contributed by atoms with Gasteiger partial charge in [0.05, 0.1) is 0 Å². The summed E-state index contributed by atoms with van der Waals surface area (Å²) in [5.41, 5.74) is 3.74. The number of hydrogen-bond acceptors (Lipinski definition) is 4. The lowest BCUT2D eigenvalue weighted by Crippen LogP contribution is -2.38. The lowest BCUT2D eigenvalue weighted by atomic mass is 9.90. The number of halogens is 1. The summed E-state index contributed by atoms with van der Waals surface area (Å²) in [6.07, 6.45) is 6.30. The summed E-state index contributed by atoms with van der Waals surface area (Å²) in [7, 11) is 0. The van der Waals surface area contributed by atoms with Crippen LogP contribution in [0.3, 0.4) is 0 Å². The summed E-state index contributed by atoms with van der Waals surface area (Å²) in [4.78, 5) is 14.9. The van der Waals surface area contributed by atoms with Gasteiger partial charge in [0.15, 0.2) is 11.0 Å². The average molecular weight is 371 g/mol. The fourth-order valence-corrected chi connectivity index (χ4v) is 4.08. The van der Waals surface area contributed by atoms with Crippen LogP contribution in [0, 0.1) is 5.92 Å². The highest BCUT2D eigenvalue weighted by Gasteiger charge is 2.26. The van der Waals surface area contributed by atoms with Gasteiger partial charge in [-0.05, 0) is 67.9 Å². The van der Waals surface area contributed by atoms with Crippen molar-refractivity contribution in [2.24, 2.45) is 5.92 Å². The lowest BCUT2D eigenvalue weighted by molar-refractivity contribution is -0.120. The van der Waals surface area contributed by atoms with Gasteiger partial charge in [0.2, 0.25) is 5.91 Å². The van der Waals surface area contributed by atoms with Crippen molar-refractivity contribution in [1.29, 1.82) is 0 Å². The monoisotopic (exact) mass is 370 g/mol. The van der Waals surface area contributed by atoms with E-state index in [0.29, 0.717) is 5.15 Å². The Morgan fingerprint density at radius 3 is 2.65 bits per heavy atom. The Bertz CT molecular complexity index is 785. The molecule has 26 heavy (non-hydrogen) atoms. The highest BCUT2D eigenvalue weighted by Crippen LogP contribution is 2.29. The number of carbonyl (C=O) groups excluding carboxylic acids is 1. The number of hydrogen-bond donors (Lipinski definition) is 1. The first-order chi connectivity index (χ1) is 12.7. The first-order valence-electron chi connectivity index (χ1n) is 9.36. The van der Waals surface area contributed by atoms with Crippen LogP contribution in [-0.4, -0.2) is 29.2 Å². The molecule has 1 aliphatic carbocycles. The quantitative estimate of drug-likeness (QED) is 0.891. The van der Waals surface area contributed by atoms with Gasteiger partial charge in [-0.15, -0.1) is 10.2 Å². The van der Waals surface area contributed by atoms with Crippen molar-refractivity contribution < 1.29 is 4.79 Å². The summed E-state index contributed by atoms with van der Waals surface area (Å²) in [6, 6.07) is 9.92. The molecule has 1 saturated heterocycles. The van der Waals surface area contributed by atoms with Gasteiger partial charge in [0.25, 0.3) is 0 Å². The molecule has 0 bridgehead atoms. The van der Waals surface area contributed by atoms with Crippen molar-refractivity contribution in [3.05, 3.63) is 46.6 Å². The van der Waals surface area contributed by atoms with E-state index in [9.17, 15) is 4.79 Å². The summed E-state index contributed by atoms with van der Waals surface area (Å²) < 4.78 is 0. The van der Waals surface area contributed by atoms with E-state index in [-0.39, 0.29) is 11.8 Å². The van der Waals surface area contributed by atoms with Crippen molar-refractivity contribution >= 4 is 29.0 Å². The Hall–Kier alpha value is -2.14. The Balaban J connectivity index is 1.38. The summed E-state index contributed by atoms with van der Waals surface area (Å²) in [5.74, 6) is 1.02. The number of amides is 1. The van der Waals surface area contributed by atoms with Crippen molar-refractivity contribution in [1.82, 2.24) is 10.2 Å². The molecule has 2 aliphatic rings. The number of rotatable bonds is 3. The van der Waals surface area contributed by atoms with E-state index in [1.165, 1.54) is 24.0 Å². The molecule has 0 atom stereocenters. The van der Waals surface area contributed by atoms with Crippen LogP contribution < -0.4 is 10.2 Å². The van der Waals surface area contributed by atoms with Crippen LogP contribution in [0.15, 0.2) is 30.3 Å². The molecule has 0 radical (unpaired) electrons. The molecule has 4 rings (SSSR count). The van der Waals surface area contributed by atoms with Crippen LogP contribution in [0.5, 0.6) is 0 Å². The second-order valence-corrected chi connectivity index (χ2v) is 7.50. The molecule has 1 N–H and O–H groups in total. The molecule has 0 spiro atoms. The molecule has 2 aromatic rings. The molecule has 1 aromatic carbocycles. The largest absolute Gasteiger partial charge is 0.355 e. The van der Waals surface area contributed by atoms with E-state index in [1.807, 2.05) is 12.1 Å². The third-order valence-electron chi connectivity index (χ3n) is 5.46. The average Bonchev–Trinajstić information content (AvgIpc) is 2.69. The number of nitrogens with zero attached hydrogens (tertiary/aromatic N) is 3. The minimum absolute atomic E-state index is 0.0472. The summed E-state index contributed by atoms with van der Waals surface area (Å²) in [5, 5.41) is 11.6. The van der Waals surface area contributed by atoms with Crippen molar-refractivity contribution in [2.45, 2.75) is 38.5 Å².